The average Bonchev–Trinajstić information content (AvgIpc) is 2.64. The number of nitrogens with one attached hydrogen (secondary N) is 1. The highest BCUT2D eigenvalue weighted by Crippen LogP contribution is 2.39. The van der Waals surface area contributed by atoms with Crippen molar-refractivity contribution in [3.05, 3.63) is 48.3 Å². The summed E-state index contributed by atoms with van der Waals surface area (Å²) in [5.74, 6) is -0.133. The summed E-state index contributed by atoms with van der Waals surface area (Å²) in [6, 6.07) is 7.22. The summed E-state index contributed by atoms with van der Waals surface area (Å²) < 4.78 is 52.3. The predicted molar refractivity (Wildman–Crippen MR) is 117 cm³/mol. The Bertz CT molecular complexity index is 909. The number of alkyl halides is 3. The van der Waals surface area contributed by atoms with E-state index in [2.05, 4.69) is 10.3 Å². The highest BCUT2D eigenvalue weighted by Gasteiger charge is 2.36. The van der Waals surface area contributed by atoms with Crippen LogP contribution >= 0.6 is 0 Å². The van der Waals surface area contributed by atoms with Gasteiger partial charge in [-0.15, -0.1) is 0 Å². The number of nitrogens with zero attached hydrogens (tertiary/aromatic N) is 1. The van der Waals surface area contributed by atoms with E-state index in [4.69, 9.17) is 9.47 Å². The first kappa shape index (κ1) is 25.5. The van der Waals surface area contributed by atoms with Crippen LogP contribution < -0.4 is 10.1 Å². The largest absolute Gasteiger partial charge is 0.491 e. The number of aromatic nitrogens is 1. The van der Waals surface area contributed by atoms with Gasteiger partial charge in [0.2, 0.25) is 0 Å². The van der Waals surface area contributed by atoms with Crippen LogP contribution in [0.4, 0.5) is 18.0 Å². The van der Waals surface area contributed by atoms with Crippen molar-refractivity contribution < 1.29 is 27.4 Å². The number of ether oxygens (including phenoxy) is 2. The van der Waals surface area contributed by atoms with Crippen molar-refractivity contribution in [3.8, 4) is 16.9 Å². The average molecular weight is 453 g/mol. The first-order valence-electron chi connectivity index (χ1n) is 10.4. The smallest absolute Gasteiger partial charge is 0.419 e. The number of hydrogen-bond donors (Lipinski definition) is 1. The fourth-order valence-corrected chi connectivity index (χ4v) is 3.44. The van der Waals surface area contributed by atoms with Gasteiger partial charge in [-0.1, -0.05) is 19.9 Å². The van der Waals surface area contributed by atoms with Crippen molar-refractivity contribution in [2.24, 2.45) is 5.92 Å². The number of carbonyl (C=O) groups excluding carboxylic acids is 1. The zero-order valence-electron chi connectivity index (χ0n) is 19.3. The molecule has 0 bridgehead atoms. The maximum Gasteiger partial charge on any atom is 0.419 e. The molecule has 1 heterocycles. The van der Waals surface area contributed by atoms with Crippen molar-refractivity contribution in [2.75, 3.05) is 6.61 Å². The molecular weight excluding hydrogens is 421 g/mol. The molecule has 32 heavy (non-hydrogen) atoms. The minimum atomic E-state index is -4.61. The normalized spacial score (nSPS) is 14.1. The number of rotatable bonds is 7. The molecule has 8 heteroatoms. The molecule has 1 amide bonds. The number of benzene rings is 1. The van der Waals surface area contributed by atoms with Crippen molar-refractivity contribution in [1.29, 1.82) is 0 Å². The van der Waals surface area contributed by atoms with Crippen LogP contribution in [0.1, 0.15) is 53.5 Å². The maximum absolute atomic E-state index is 13.8. The molecule has 0 radical (unpaired) electrons. The quantitative estimate of drug-likeness (QED) is 0.523. The maximum atomic E-state index is 13.8. The zero-order chi connectivity index (χ0) is 24.2. The zero-order valence-corrected chi connectivity index (χ0v) is 19.3. The van der Waals surface area contributed by atoms with Crippen molar-refractivity contribution >= 4 is 6.09 Å². The number of halogens is 3. The molecule has 2 rings (SSSR count). The summed E-state index contributed by atoms with van der Waals surface area (Å²) in [5.41, 5.74) is -1.48. The molecule has 1 N–H and O–H groups in total. The van der Waals surface area contributed by atoms with Crippen LogP contribution in [0, 0.1) is 5.92 Å². The third kappa shape index (κ3) is 7.73. The van der Waals surface area contributed by atoms with Crippen molar-refractivity contribution in [3.63, 3.8) is 0 Å². The first-order chi connectivity index (χ1) is 14.7. The summed E-state index contributed by atoms with van der Waals surface area (Å²) >= 11 is 0. The highest BCUT2D eigenvalue weighted by atomic mass is 19.4. The lowest BCUT2D eigenvalue weighted by molar-refractivity contribution is -0.139. The molecule has 0 saturated carbocycles. The predicted octanol–water partition coefficient (Wildman–Crippen LogP) is 6.48. The van der Waals surface area contributed by atoms with Crippen LogP contribution in [0.25, 0.3) is 11.1 Å². The fraction of sp³-hybridized carbons (Fsp3) is 0.500. The molecule has 0 saturated heterocycles. The van der Waals surface area contributed by atoms with E-state index in [1.54, 1.807) is 45.9 Å². The van der Waals surface area contributed by atoms with E-state index in [1.807, 2.05) is 13.8 Å². The molecule has 0 fully saturated rings. The fourth-order valence-electron chi connectivity index (χ4n) is 3.44. The van der Waals surface area contributed by atoms with Gasteiger partial charge >= 0.3 is 12.3 Å². The van der Waals surface area contributed by atoms with Crippen LogP contribution in [-0.2, 0) is 10.9 Å². The second-order valence-corrected chi connectivity index (χ2v) is 9.52. The summed E-state index contributed by atoms with van der Waals surface area (Å²) in [7, 11) is 0. The lowest BCUT2D eigenvalue weighted by Gasteiger charge is -2.33. The van der Waals surface area contributed by atoms with E-state index in [0.717, 1.165) is 6.07 Å². The van der Waals surface area contributed by atoms with Crippen LogP contribution in [-0.4, -0.2) is 28.8 Å². The molecule has 1 unspecified atom stereocenters. The molecular formula is C24H31F3N2O3. The van der Waals surface area contributed by atoms with Crippen LogP contribution in [0.15, 0.2) is 42.7 Å². The minimum Gasteiger partial charge on any atom is -0.491 e. The van der Waals surface area contributed by atoms with Gasteiger partial charge in [-0.2, -0.15) is 13.2 Å². The number of pyridine rings is 1. The SMILES string of the molecule is CC(C)CC(C)(COc1ccc(-c2ccncc2)cc1C(F)(F)F)NC(=O)OC(C)(C)C. The molecule has 5 nitrogen and oxygen atoms in total. The second-order valence-electron chi connectivity index (χ2n) is 9.52. The topological polar surface area (TPSA) is 60.5 Å². The van der Waals surface area contributed by atoms with Gasteiger partial charge in [-0.3, -0.25) is 4.98 Å². The van der Waals surface area contributed by atoms with Crippen LogP contribution in [0.3, 0.4) is 0 Å². The molecule has 0 aliphatic heterocycles. The monoisotopic (exact) mass is 452 g/mol. The summed E-state index contributed by atoms with van der Waals surface area (Å²) in [5, 5.41) is 2.77. The van der Waals surface area contributed by atoms with E-state index in [1.165, 1.54) is 18.5 Å². The summed E-state index contributed by atoms with van der Waals surface area (Å²) in [4.78, 5) is 16.2. The number of hydrogen-bond acceptors (Lipinski definition) is 4. The Morgan fingerprint density at radius 1 is 1.03 bits per heavy atom. The molecule has 0 aliphatic rings. The molecule has 1 aromatic carbocycles. The lowest BCUT2D eigenvalue weighted by atomic mass is 9.91. The molecule has 176 valence electrons. The van der Waals surface area contributed by atoms with Gasteiger partial charge in [0.15, 0.2) is 0 Å². The molecule has 0 aliphatic carbocycles. The number of carbonyl (C=O) groups is 1. The summed E-state index contributed by atoms with van der Waals surface area (Å²) in [6.45, 7) is 10.7. The van der Waals surface area contributed by atoms with Crippen molar-refractivity contribution in [2.45, 2.75) is 65.3 Å². The summed E-state index contributed by atoms with van der Waals surface area (Å²) in [6.07, 6.45) is -1.72. The van der Waals surface area contributed by atoms with Gasteiger partial charge in [-0.25, -0.2) is 4.79 Å². The van der Waals surface area contributed by atoms with E-state index in [0.29, 0.717) is 17.5 Å². The molecule has 2 aromatic rings. The highest BCUT2D eigenvalue weighted by molar-refractivity contribution is 5.69. The third-order valence-corrected chi connectivity index (χ3v) is 4.51. The van der Waals surface area contributed by atoms with Gasteiger partial charge in [0.25, 0.3) is 0 Å². The minimum absolute atomic E-state index is 0.151. The Kier molecular flexibility index (Phi) is 7.80. The van der Waals surface area contributed by atoms with Crippen molar-refractivity contribution in [1.82, 2.24) is 10.3 Å². The Morgan fingerprint density at radius 3 is 2.19 bits per heavy atom. The van der Waals surface area contributed by atoms with Gasteiger partial charge in [-0.05, 0) is 75.4 Å². The van der Waals surface area contributed by atoms with Crippen LogP contribution in [0.5, 0.6) is 5.75 Å². The standard InChI is InChI=1S/C24H31F3N2O3/c1-16(2)14-23(6,29-21(30)32-22(3,4)5)15-31-20-8-7-18(13-19(20)24(25,26)27)17-9-11-28-12-10-17/h7-13,16H,14-15H2,1-6H3,(H,29,30). The van der Waals surface area contributed by atoms with E-state index in [-0.39, 0.29) is 18.3 Å². The van der Waals surface area contributed by atoms with E-state index in [9.17, 15) is 18.0 Å². The number of alkyl carbamates (subject to hydrolysis) is 1. The van der Waals surface area contributed by atoms with Gasteiger partial charge < -0.3 is 14.8 Å². The van der Waals surface area contributed by atoms with E-state index < -0.39 is 29.0 Å². The van der Waals surface area contributed by atoms with Gasteiger partial charge in [0.05, 0.1) is 11.1 Å². The van der Waals surface area contributed by atoms with Gasteiger partial charge in [0, 0.05) is 12.4 Å². The second kappa shape index (κ2) is 9.79. The Labute approximate surface area is 187 Å². The van der Waals surface area contributed by atoms with Gasteiger partial charge in [0.1, 0.15) is 18.0 Å². The first-order valence-corrected chi connectivity index (χ1v) is 10.4. The Balaban J connectivity index is 2.29. The van der Waals surface area contributed by atoms with Crippen LogP contribution in [0.2, 0.25) is 0 Å². The lowest BCUT2D eigenvalue weighted by Crippen LogP contribution is -2.52. The number of amides is 1. The Hall–Kier alpha value is -2.77. The molecule has 1 aromatic heterocycles. The molecule has 0 spiro atoms. The molecule has 1 atom stereocenters. The third-order valence-electron chi connectivity index (χ3n) is 4.51. The van der Waals surface area contributed by atoms with E-state index >= 15 is 0 Å². The Morgan fingerprint density at radius 2 is 1.66 bits per heavy atom.